The lowest BCUT2D eigenvalue weighted by Gasteiger charge is -2.35. The van der Waals surface area contributed by atoms with Crippen LogP contribution in [0.4, 0.5) is 15.3 Å². The summed E-state index contributed by atoms with van der Waals surface area (Å²) in [5.41, 5.74) is 3.61. The molecule has 0 spiro atoms. The zero-order valence-corrected chi connectivity index (χ0v) is 16.3. The average molecular weight is 334 g/mol. The number of aryl methyl sites for hydroxylation is 1. The molecule has 0 fully saturated rings. The van der Waals surface area contributed by atoms with E-state index in [1.807, 2.05) is 6.92 Å². The molecule has 0 aromatic heterocycles. The zero-order valence-electron chi connectivity index (χ0n) is 16.3. The summed E-state index contributed by atoms with van der Waals surface area (Å²) in [6.45, 7) is 14.6. The molecule has 1 N–H and O–H groups in total. The molecule has 3 amide bonds. The van der Waals surface area contributed by atoms with Gasteiger partial charge in [0.15, 0.2) is 0 Å². The van der Waals surface area contributed by atoms with Crippen LogP contribution in [-0.2, 0) is 10.8 Å². The van der Waals surface area contributed by atoms with Crippen LogP contribution in [0, 0.1) is 6.92 Å². The van der Waals surface area contributed by atoms with Crippen molar-refractivity contribution in [1.82, 2.24) is 4.90 Å². The van der Waals surface area contributed by atoms with E-state index in [4.69, 9.17) is 5.11 Å². The van der Waals surface area contributed by atoms with Crippen molar-refractivity contribution in [3.63, 3.8) is 0 Å². The number of anilines is 1. The third-order valence-corrected chi connectivity index (χ3v) is 4.07. The molecule has 0 unspecified atom stereocenters. The first-order valence-corrected chi connectivity index (χ1v) is 8.08. The maximum Gasteiger partial charge on any atom is 0.415 e. The Morgan fingerprint density at radius 3 is 1.58 bits per heavy atom. The summed E-state index contributed by atoms with van der Waals surface area (Å²) in [6.07, 6.45) is -1.27. The largest absolute Gasteiger partial charge is 0.465 e. The van der Waals surface area contributed by atoms with Crippen LogP contribution in [0.5, 0.6) is 0 Å². The number of carboxylic acid groups (broad SMARTS) is 1. The lowest BCUT2D eigenvalue weighted by molar-refractivity contribution is 0.159. The molecule has 0 atom stereocenters. The van der Waals surface area contributed by atoms with Gasteiger partial charge in [-0.3, -0.25) is 4.90 Å². The Kier molecular flexibility index (Phi) is 5.38. The number of carbonyl (C=O) groups is 2. The maximum atomic E-state index is 12.6. The summed E-state index contributed by atoms with van der Waals surface area (Å²) < 4.78 is 0. The molecular formula is C19H30N2O3. The molecule has 0 bridgehead atoms. The minimum Gasteiger partial charge on any atom is -0.465 e. The van der Waals surface area contributed by atoms with E-state index in [9.17, 15) is 9.59 Å². The standard InChI is InChI=1S/C19H30N2O3/c1-12-10-13(18(2,3)4)15(14(11-12)19(5,6)7)20(8)16(22)21(9)17(23)24/h10-11H,1-9H3,(H,23,24). The van der Waals surface area contributed by atoms with E-state index in [0.29, 0.717) is 4.90 Å². The highest BCUT2D eigenvalue weighted by Gasteiger charge is 2.32. The average Bonchev–Trinajstić information content (AvgIpc) is 2.42. The second-order valence-electron chi connectivity index (χ2n) is 8.39. The van der Waals surface area contributed by atoms with E-state index in [1.54, 1.807) is 7.05 Å². The van der Waals surface area contributed by atoms with Gasteiger partial charge in [-0.1, -0.05) is 59.2 Å². The molecule has 0 saturated heterocycles. The Morgan fingerprint density at radius 2 is 1.29 bits per heavy atom. The Balaban J connectivity index is 3.71. The molecule has 5 heteroatoms. The van der Waals surface area contributed by atoms with Gasteiger partial charge < -0.3 is 5.11 Å². The first-order chi connectivity index (χ1) is 10.7. The van der Waals surface area contributed by atoms with Gasteiger partial charge in [0.05, 0.1) is 5.69 Å². The number of hydrogen-bond donors (Lipinski definition) is 1. The van der Waals surface area contributed by atoms with Crippen LogP contribution in [0.3, 0.4) is 0 Å². The summed E-state index contributed by atoms with van der Waals surface area (Å²) in [5.74, 6) is 0. The van der Waals surface area contributed by atoms with Crippen molar-refractivity contribution in [2.75, 3.05) is 19.0 Å². The second-order valence-corrected chi connectivity index (χ2v) is 8.39. The molecule has 5 nitrogen and oxygen atoms in total. The molecular weight excluding hydrogens is 304 g/mol. The van der Waals surface area contributed by atoms with Gasteiger partial charge in [0.1, 0.15) is 0 Å². The number of hydrogen-bond acceptors (Lipinski definition) is 2. The zero-order chi connectivity index (χ0) is 19.0. The molecule has 0 aliphatic heterocycles. The second kappa shape index (κ2) is 6.46. The fourth-order valence-corrected chi connectivity index (χ4v) is 2.69. The molecule has 0 aliphatic carbocycles. The van der Waals surface area contributed by atoms with Crippen LogP contribution in [0.15, 0.2) is 12.1 Å². The smallest absolute Gasteiger partial charge is 0.415 e. The molecule has 0 radical (unpaired) electrons. The molecule has 0 heterocycles. The summed E-state index contributed by atoms with van der Waals surface area (Å²) >= 11 is 0. The lowest BCUT2D eigenvalue weighted by Crippen LogP contribution is -2.43. The number of amides is 3. The van der Waals surface area contributed by atoms with Gasteiger partial charge in [0.25, 0.3) is 0 Å². The van der Waals surface area contributed by atoms with E-state index < -0.39 is 12.1 Å². The molecule has 0 saturated carbocycles. The number of benzene rings is 1. The Morgan fingerprint density at radius 1 is 0.917 bits per heavy atom. The van der Waals surface area contributed by atoms with Gasteiger partial charge in [-0.15, -0.1) is 0 Å². The van der Waals surface area contributed by atoms with Crippen LogP contribution in [0.1, 0.15) is 58.2 Å². The van der Waals surface area contributed by atoms with Gasteiger partial charge in [-0.2, -0.15) is 0 Å². The van der Waals surface area contributed by atoms with E-state index in [0.717, 1.165) is 22.4 Å². The van der Waals surface area contributed by atoms with Crippen molar-refractivity contribution in [2.45, 2.75) is 59.3 Å². The third kappa shape index (κ3) is 4.08. The summed E-state index contributed by atoms with van der Waals surface area (Å²) in [7, 11) is 2.90. The number of urea groups is 1. The highest BCUT2D eigenvalue weighted by molar-refractivity contribution is 6.01. The quantitative estimate of drug-likeness (QED) is 0.805. The van der Waals surface area contributed by atoms with Gasteiger partial charge in [-0.25, -0.2) is 14.5 Å². The first-order valence-electron chi connectivity index (χ1n) is 8.08. The number of nitrogens with zero attached hydrogens (tertiary/aromatic N) is 2. The van der Waals surface area contributed by atoms with Gasteiger partial charge in [-0.05, 0) is 28.9 Å². The highest BCUT2D eigenvalue weighted by atomic mass is 16.4. The fraction of sp³-hybridized carbons (Fsp3) is 0.579. The molecule has 0 aliphatic rings. The highest BCUT2D eigenvalue weighted by Crippen LogP contribution is 2.40. The summed E-state index contributed by atoms with van der Waals surface area (Å²) in [4.78, 5) is 25.9. The predicted octanol–water partition coefficient (Wildman–Crippen LogP) is 4.76. The Bertz CT molecular complexity index is 617. The predicted molar refractivity (Wildman–Crippen MR) is 98.2 cm³/mol. The monoisotopic (exact) mass is 334 g/mol. The molecule has 1 rings (SSSR count). The van der Waals surface area contributed by atoms with Gasteiger partial charge in [0.2, 0.25) is 0 Å². The maximum absolute atomic E-state index is 12.6. The third-order valence-electron chi connectivity index (χ3n) is 4.07. The van der Waals surface area contributed by atoms with Crippen molar-refractivity contribution >= 4 is 17.8 Å². The molecule has 24 heavy (non-hydrogen) atoms. The lowest BCUT2D eigenvalue weighted by atomic mass is 9.77. The number of imide groups is 1. The van der Waals surface area contributed by atoms with Gasteiger partial charge >= 0.3 is 12.1 Å². The van der Waals surface area contributed by atoms with Crippen molar-refractivity contribution in [1.29, 1.82) is 0 Å². The molecule has 134 valence electrons. The van der Waals surface area contributed by atoms with Crippen LogP contribution in [0.25, 0.3) is 0 Å². The van der Waals surface area contributed by atoms with Crippen molar-refractivity contribution in [3.05, 3.63) is 28.8 Å². The Labute approximate surface area is 145 Å². The number of rotatable bonds is 1. The molecule has 1 aromatic carbocycles. The normalized spacial score (nSPS) is 12.0. The minimum absolute atomic E-state index is 0.183. The minimum atomic E-state index is -1.27. The van der Waals surface area contributed by atoms with Gasteiger partial charge in [0, 0.05) is 14.1 Å². The van der Waals surface area contributed by atoms with Crippen molar-refractivity contribution < 1.29 is 14.7 Å². The van der Waals surface area contributed by atoms with E-state index in [-0.39, 0.29) is 10.8 Å². The topological polar surface area (TPSA) is 60.9 Å². The summed E-state index contributed by atoms with van der Waals surface area (Å²) in [6, 6.07) is 3.59. The summed E-state index contributed by atoms with van der Waals surface area (Å²) in [5, 5.41) is 9.13. The Hall–Kier alpha value is -2.04. The van der Waals surface area contributed by atoms with Crippen molar-refractivity contribution in [3.8, 4) is 0 Å². The fourth-order valence-electron chi connectivity index (χ4n) is 2.69. The SMILES string of the molecule is Cc1cc(C(C)(C)C)c(N(C)C(=O)N(C)C(=O)O)c(C(C)(C)C)c1. The van der Waals surface area contributed by atoms with Crippen LogP contribution >= 0.6 is 0 Å². The van der Waals surface area contributed by atoms with Crippen LogP contribution < -0.4 is 4.90 Å². The van der Waals surface area contributed by atoms with E-state index in [2.05, 4.69) is 53.7 Å². The van der Waals surface area contributed by atoms with E-state index >= 15 is 0 Å². The van der Waals surface area contributed by atoms with Crippen LogP contribution in [0.2, 0.25) is 0 Å². The van der Waals surface area contributed by atoms with E-state index in [1.165, 1.54) is 11.9 Å². The molecule has 1 aromatic rings. The number of carbonyl (C=O) groups excluding carboxylic acids is 1. The first kappa shape index (κ1) is 20.0. The van der Waals surface area contributed by atoms with Crippen LogP contribution in [-0.4, -0.2) is 36.2 Å². The van der Waals surface area contributed by atoms with Crippen molar-refractivity contribution in [2.24, 2.45) is 0 Å².